The van der Waals surface area contributed by atoms with Gasteiger partial charge in [0.15, 0.2) is 0 Å². The standard InChI is InChI=1S/C23H21FN4O2/c1-2-3-11-27-19-10-5-4-9-17(19)23(22(27)30)13-20(29)26-21-18(23)14-25-28(21)16-8-6-7-15(24)12-16/h4-10,12,14H,2-3,11,13H2,1H3,(H,26,29)/t23-/m1/s1. The van der Waals surface area contributed by atoms with Gasteiger partial charge in [-0.2, -0.15) is 5.10 Å². The zero-order valence-corrected chi connectivity index (χ0v) is 16.6. The number of para-hydroxylation sites is 1. The molecule has 1 atom stereocenters. The molecule has 0 aliphatic carbocycles. The van der Waals surface area contributed by atoms with Crippen LogP contribution in [0.5, 0.6) is 0 Å². The summed E-state index contributed by atoms with van der Waals surface area (Å²) in [4.78, 5) is 28.4. The number of anilines is 2. The normalized spacial score (nSPS) is 19.7. The monoisotopic (exact) mass is 404 g/mol. The van der Waals surface area contributed by atoms with Crippen LogP contribution in [0.1, 0.15) is 37.3 Å². The average Bonchev–Trinajstić information content (AvgIpc) is 3.26. The number of benzene rings is 2. The Labute approximate surface area is 173 Å². The minimum Gasteiger partial charge on any atom is -0.311 e. The fourth-order valence-corrected chi connectivity index (χ4v) is 4.59. The third-order valence-corrected chi connectivity index (χ3v) is 5.97. The minimum atomic E-state index is -1.12. The van der Waals surface area contributed by atoms with Crippen molar-refractivity contribution in [3.05, 3.63) is 71.7 Å². The van der Waals surface area contributed by atoms with Crippen molar-refractivity contribution in [3.63, 3.8) is 0 Å². The lowest BCUT2D eigenvalue weighted by Gasteiger charge is -2.32. The van der Waals surface area contributed by atoms with Gasteiger partial charge in [0.1, 0.15) is 17.1 Å². The van der Waals surface area contributed by atoms with Gasteiger partial charge in [-0.05, 0) is 36.2 Å². The van der Waals surface area contributed by atoms with Crippen LogP contribution in [0.2, 0.25) is 0 Å². The van der Waals surface area contributed by atoms with E-state index in [0.29, 0.717) is 23.6 Å². The van der Waals surface area contributed by atoms with E-state index in [-0.39, 0.29) is 18.2 Å². The Balaban J connectivity index is 1.72. The molecule has 2 aliphatic heterocycles. The highest BCUT2D eigenvalue weighted by atomic mass is 19.1. The second-order valence-electron chi connectivity index (χ2n) is 7.76. The highest BCUT2D eigenvalue weighted by Crippen LogP contribution is 2.52. The fraction of sp³-hybridized carbons (Fsp3) is 0.261. The fourth-order valence-electron chi connectivity index (χ4n) is 4.59. The highest BCUT2D eigenvalue weighted by Gasteiger charge is 2.56. The number of hydrogen-bond acceptors (Lipinski definition) is 3. The van der Waals surface area contributed by atoms with Crippen LogP contribution >= 0.6 is 0 Å². The number of nitrogens with zero attached hydrogens (tertiary/aromatic N) is 3. The smallest absolute Gasteiger partial charge is 0.242 e. The Hall–Kier alpha value is -3.48. The first kappa shape index (κ1) is 18.5. The van der Waals surface area contributed by atoms with Gasteiger partial charge in [-0.15, -0.1) is 0 Å². The molecular weight excluding hydrogens is 383 g/mol. The number of carbonyl (C=O) groups excluding carboxylic acids is 2. The van der Waals surface area contributed by atoms with Gasteiger partial charge in [0.05, 0.1) is 11.9 Å². The maximum Gasteiger partial charge on any atom is 0.242 e. The Bertz CT molecular complexity index is 1170. The number of amides is 2. The molecule has 1 N–H and O–H groups in total. The van der Waals surface area contributed by atoms with Gasteiger partial charge >= 0.3 is 0 Å². The largest absolute Gasteiger partial charge is 0.311 e. The summed E-state index contributed by atoms with van der Waals surface area (Å²) in [5, 5.41) is 7.28. The van der Waals surface area contributed by atoms with Crippen LogP contribution in [0, 0.1) is 5.82 Å². The van der Waals surface area contributed by atoms with E-state index in [0.717, 1.165) is 24.1 Å². The topological polar surface area (TPSA) is 67.2 Å². The molecule has 2 amide bonds. The number of fused-ring (bicyclic) bond motifs is 4. The van der Waals surface area contributed by atoms with Crippen molar-refractivity contribution < 1.29 is 14.0 Å². The molecule has 30 heavy (non-hydrogen) atoms. The van der Waals surface area contributed by atoms with Crippen molar-refractivity contribution in [1.29, 1.82) is 0 Å². The van der Waals surface area contributed by atoms with E-state index in [1.807, 2.05) is 24.3 Å². The molecule has 0 unspecified atom stereocenters. The van der Waals surface area contributed by atoms with Gasteiger partial charge in [0.25, 0.3) is 0 Å². The summed E-state index contributed by atoms with van der Waals surface area (Å²) in [5.74, 6) is -0.354. The van der Waals surface area contributed by atoms with Crippen LogP contribution in [0.4, 0.5) is 15.9 Å². The van der Waals surface area contributed by atoms with Crippen LogP contribution in [0.3, 0.4) is 0 Å². The lowest BCUT2D eigenvalue weighted by atomic mass is 9.72. The molecule has 1 aromatic heterocycles. The van der Waals surface area contributed by atoms with Crippen molar-refractivity contribution in [1.82, 2.24) is 9.78 Å². The predicted octanol–water partition coefficient (Wildman–Crippen LogP) is 3.79. The van der Waals surface area contributed by atoms with Crippen molar-refractivity contribution in [2.24, 2.45) is 0 Å². The maximum atomic E-state index is 13.8. The van der Waals surface area contributed by atoms with Crippen molar-refractivity contribution >= 4 is 23.3 Å². The molecule has 3 heterocycles. The molecule has 1 spiro atoms. The van der Waals surface area contributed by atoms with Crippen molar-refractivity contribution in [2.45, 2.75) is 31.6 Å². The number of nitrogens with one attached hydrogen (secondary N) is 1. The van der Waals surface area contributed by atoms with Crippen molar-refractivity contribution in [2.75, 3.05) is 16.8 Å². The lowest BCUT2D eigenvalue weighted by molar-refractivity contribution is -0.126. The van der Waals surface area contributed by atoms with Gasteiger partial charge in [-0.25, -0.2) is 9.07 Å². The van der Waals surface area contributed by atoms with Gasteiger partial charge in [-0.1, -0.05) is 37.6 Å². The Morgan fingerprint density at radius 1 is 1.13 bits per heavy atom. The molecular formula is C23H21FN4O2. The van der Waals surface area contributed by atoms with E-state index < -0.39 is 11.2 Å². The van der Waals surface area contributed by atoms with Crippen LogP contribution in [-0.2, 0) is 15.0 Å². The summed E-state index contributed by atoms with van der Waals surface area (Å²) in [6.07, 6.45) is 3.48. The van der Waals surface area contributed by atoms with E-state index in [4.69, 9.17) is 0 Å². The predicted molar refractivity (Wildman–Crippen MR) is 111 cm³/mol. The average molecular weight is 404 g/mol. The quantitative estimate of drug-likeness (QED) is 0.720. The van der Waals surface area contributed by atoms with E-state index in [2.05, 4.69) is 17.3 Å². The molecule has 7 heteroatoms. The van der Waals surface area contributed by atoms with Crippen molar-refractivity contribution in [3.8, 4) is 5.69 Å². The summed E-state index contributed by atoms with van der Waals surface area (Å²) in [5.41, 5.74) is 1.67. The molecule has 152 valence electrons. The molecule has 5 rings (SSSR count). The first-order valence-corrected chi connectivity index (χ1v) is 10.1. The number of unbranched alkanes of at least 4 members (excludes halogenated alkanes) is 1. The lowest BCUT2D eigenvalue weighted by Crippen LogP contribution is -2.46. The minimum absolute atomic E-state index is 0.0211. The van der Waals surface area contributed by atoms with Crippen LogP contribution in [-0.4, -0.2) is 28.1 Å². The molecule has 3 aromatic rings. The number of aromatic nitrogens is 2. The first-order chi connectivity index (χ1) is 14.6. The molecule has 6 nitrogen and oxygen atoms in total. The van der Waals surface area contributed by atoms with Gasteiger partial charge in [-0.3, -0.25) is 9.59 Å². The van der Waals surface area contributed by atoms with E-state index in [9.17, 15) is 14.0 Å². The van der Waals surface area contributed by atoms with Crippen LogP contribution in [0.25, 0.3) is 5.69 Å². The third kappa shape index (κ3) is 2.51. The van der Waals surface area contributed by atoms with E-state index >= 15 is 0 Å². The molecule has 0 bridgehead atoms. The second-order valence-corrected chi connectivity index (χ2v) is 7.76. The first-order valence-electron chi connectivity index (χ1n) is 10.1. The summed E-state index contributed by atoms with van der Waals surface area (Å²) in [6, 6.07) is 13.6. The number of halogens is 1. The van der Waals surface area contributed by atoms with Crippen LogP contribution < -0.4 is 10.2 Å². The Morgan fingerprint density at radius 3 is 2.77 bits per heavy atom. The van der Waals surface area contributed by atoms with Crippen LogP contribution in [0.15, 0.2) is 54.7 Å². The molecule has 0 saturated heterocycles. The number of rotatable bonds is 4. The SMILES string of the molecule is CCCCN1C(=O)[C@]2(CC(=O)Nc3c2cnn3-c2cccc(F)c2)c2ccccc21. The number of hydrogen-bond donors (Lipinski definition) is 1. The van der Waals surface area contributed by atoms with E-state index in [1.165, 1.54) is 16.8 Å². The van der Waals surface area contributed by atoms with Gasteiger partial charge < -0.3 is 10.2 Å². The molecule has 0 saturated carbocycles. The van der Waals surface area contributed by atoms with Gasteiger partial charge in [0, 0.05) is 24.2 Å². The van der Waals surface area contributed by atoms with Gasteiger partial charge in [0.2, 0.25) is 11.8 Å². The summed E-state index contributed by atoms with van der Waals surface area (Å²) >= 11 is 0. The molecule has 2 aliphatic rings. The highest BCUT2D eigenvalue weighted by molar-refractivity contribution is 6.15. The Morgan fingerprint density at radius 2 is 1.97 bits per heavy atom. The molecule has 0 radical (unpaired) electrons. The van der Waals surface area contributed by atoms with E-state index in [1.54, 1.807) is 23.2 Å². The zero-order chi connectivity index (χ0) is 20.9. The second kappa shape index (κ2) is 6.79. The number of carbonyl (C=O) groups is 2. The summed E-state index contributed by atoms with van der Waals surface area (Å²) < 4.78 is 15.3. The third-order valence-electron chi connectivity index (χ3n) is 5.97. The maximum absolute atomic E-state index is 13.8. The Kier molecular flexibility index (Phi) is 4.20. The summed E-state index contributed by atoms with van der Waals surface area (Å²) in [6.45, 7) is 2.68. The molecule has 2 aromatic carbocycles. The zero-order valence-electron chi connectivity index (χ0n) is 16.6. The molecule has 0 fully saturated rings. The summed E-state index contributed by atoms with van der Waals surface area (Å²) in [7, 11) is 0.